The van der Waals surface area contributed by atoms with Gasteiger partial charge in [0.1, 0.15) is 0 Å². The first-order chi connectivity index (χ1) is 7.89. The molecule has 17 heavy (non-hydrogen) atoms. The molecule has 1 N–H and O–H groups in total. The Balaban J connectivity index is 2.96. The van der Waals surface area contributed by atoms with Crippen LogP contribution in [0.1, 0.15) is 18.5 Å². The number of hydrogen-bond donors (Lipinski definition) is 1. The van der Waals surface area contributed by atoms with Crippen LogP contribution in [0.3, 0.4) is 0 Å². The van der Waals surface area contributed by atoms with Crippen molar-refractivity contribution in [3.63, 3.8) is 0 Å². The van der Waals surface area contributed by atoms with Crippen molar-refractivity contribution in [3.8, 4) is 0 Å². The van der Waals surface area contributed by atoms with Gasteiger partial charge in [-0.05, 0) is 24.6 Å². The Bertz CT molecular complexity index is 454. The highest BCUT2D eigenvalue weighted by Crippen LogP contribution is 2.17. The summed E-state index contributed by atoms with van der Waals surface area (Å²) in [6.07, 6.45) is 0. The van der Waals surface area contributed by atoms with Gasteiger partial charge in [-0.3, -0.25) is 0 Å². The minimum Gasteiger partial charge on any atom is -0.305 e. The quantitative estimate of drug-likeness (QED) is 0.805. The highest BCUT2D eigenvalue weighted by Gasteiger charge is 2.17. The molecule has 0 aliphatic carbocycles. The molecule has 0 heterocycles. The lowest BCUT2D eigenvalue weighted by molar-refractivity contribution is 0.0658. The lowest BCUT2D eigenvalue weighted by Gasteiger charge is -2.14. The van der Waals surface area contributed by atoms with Crippen LogP contribution >= 0.6 is 0 Å². The normalized spacial score (nSPS) is 13.9. The number of nitrogens with zero attached hydrogens (tertiary/aromatic N) is 1. The van der Waals surface area contributed by atoms with Crippen molar-refractivity contribution in [2.45, 2.75) is 17.9 Å². The number of rotatable bonds is 5. The summed E-state index contributed by atoms with van der Waals surface area (Å²) >= 11 is 0. The van der Waals surface area contributed by atoms with Crippen molar-refractivity contribution in [1.29, 1.82) is 0 Å². The zero-order valence-electron chi connectivity index (χ0n) is 10.5. The fourth-order valence-electron chi connectivity index (χ4n) is 1.38. The Labute approximate surface area is 102 Å². The van der Waals surface area contributed by atoms with Gasteiger partial charge >= 0.3 is 0 Å². The van der Waals surface area contributed by atoms with E-state index >= 15 is 0 Å². The smallest absolute Gasteiger partial charge is 0.242 e. The van der Waals surface area contributed by atoms with Gasteiger partial charge in [-0.15, -0.1) is 0 Å². The molecule has 0 aromatic heterocycles. The van der Waals surface area contributed by atoms with Crippen molar-refractivity contribution < 1.29 is 13.3 Å². The van der Waals surface area contributed by atoms with E-state index in [0.29, 0.717) is 0 Å². The molecule has 1 unspecified atom stereocenters. The van der Waals surface area contributed by atoms with Gasteiger partial charge in [0.25, 0.3) is 0 Å². The maximum atomic E-state index is 11.8. The van der Waals surface area contributed by atoms with Gasteiger partial charge in [-0.2, -0.15) is 5.48 Å². The van der Waals surface area contributed by atoms with E-state index in [1.165, 1.54) is 18.4 Å². The first-order valence-electron chi connectivity index (χ1n) is 5.20. The van der Waals surface area contributed by atoms with Crippen molar-refractivity contribution in [3.05, 3.63) is 29.8 Å². The molecule has 0 radical (unpaired) electrons. The van der Waals surface area contributed by atoms with E-state index in [9.17, 15) is 8.42 Å². The van der Waals surface area contributed by atoms with Gasteiger partial charge in [0.15, 0.2) is 0 Å². The predicted molar refractivity (Wildman–Crippen MR) is 65.9 cm³/mol. The maximum absolute atomic E-state index is 11.8. The average Bonchev–Trinajstić information content (AvgIpc) is 2.29. The van der Waals surface area contributed by atoms with Crippen LogP contribution in [0.4, 0.5) is 0 Å². The molecule has 0 bridgehead atoms. The van der Waals surface area contributed by atoms with Crippen LogP contribution < -0.4 is 5.48 Å². The topological polar surface area (TPSA) is 58.6 Å². The third-order valence-corrected chi connectivity index (χ3v) is 4.28. The summed E-state index contributed by atoms with van der Waals surface area (Å²) in [5.74, 6) is 0. The summed E-state index contributed by atoms with van der Waals surface area (Å²) in [5, 5.41) is 0. The standard InChI is InChI=1S/C11H18N2O3S/c1-9(12-16-4)10-5-7-11(8-6-10)17(14,15)13(2)3/h5-9,12H,1-4H3. The lowest BCUT2D eigenvalue weighted by atomic mass is 10.1. The van der Waals surface area contributed by atoms with E-state index in [2.05, 4.69) is 5.48 Å². The molecule has 5 nitrogen and oxygen atoms in total. The molecule has 6 heteroatoms. The van der Waals surface area contributed by atoms with Gasteiger partial charge in [0.05, 0.1) is 18.0 Å². The minimum atomic E-state index is -3.35. The second kappa shape index (κ2) is 5.59. The average molecular weight is 258 g/mol. The number of nitrogens with one attached hydrogen (secondary N) is 1. The summed E-state index contributed by atoms with van der Waals surface area (Å²) in [6.45, 7) is 1.93. The van der Waals surface area contributed by atoms with Gasteiger partial charge < -0.3 is 4.84 Å². The summed E-state index contributed by atoms with van der Waals surface area (Å²) in [4.78, 5) is 5.11. The molecule has 1 aromatic carbocycles. The van der Waals surface area contributed by atoms with Crippen LogP contribution in [-0.2, 0) is 14.9 Å². The van der Waals surface area contributed by atoms with Crippen molar-refractivity contribution in [1.82, 2.24) is 9.79 Å². The zero-order valence-corrected chi connectivity index (χ0v) is 11.3. The Hall–Kier alpha value is -0.950. The van der Waals surface area contributed by atoms with E-state index < -0.39 is 10.0 Å². The molecule has 0 saturated heterocycles. The van der Waals surface area contributed by atoms with Crippen LogP contribution in [0.25, 0.3) is 0 Å². The molecular formula is C11H18N2O3S. The molecule has 0 fully saturated rings. The van der Waals surface area contributed by atoms with Crippen molar-refractivity contribution >= 4 is 10.0 Å². The first-order valence-corrected chi connectivity index (χ1v) is 6.64. The van der Waals surface area contributed by atoms with E-state index in [1.54, 1.807) is 31.4 Å². The van der Waals surface area contributed by atoms with E-state index in [4.69, 9.17) is 4.84 Å². The molecule has 96 valence electrons. The monoisotopic (exact) mass is 258 g/mol. The fourth-order valence-corrected chi connectivity index (χ4v) is 2.29. The summed E-state index contributed by atoms with van der Waals surface area (Å²) in [7, 11) is 1.22. The van der Waals surface area contributed by atoms with Crippen LogP contribution in [0.15, 0.2) is 29.2 Å². The molecule has 1 atom stereocenters. The first kappa shape index (κ1) is 14.1. The highest BCUT2D eigenvalue weighted by molar-refractivity contribution is 7.89. The molecule has 0 spiro atoms. The van der Waals surface area contributed by atoms with Crippen molar-refractivity contribution in [2.75, 3.05) is 21.2 Å². The molecular weight excluding hydrogens is 240 g/mol. The van der Waals surface area contributed by atoms with Gasteiger partial charge in [0.2, 0.25) is 10.0 Å². The van der Waals surface area contributed by atoms with Crippen LogP contribution in [0.5, 0.6) is 0 Å². The third kappa shape index (κ3) is 3.26. The SMILES string of the molecule is CONC(C)c1ccc(S(=O)(=O)N(C)C)cc1. The van der Waals surface area contributed by atoms with Crippen LogP contribution in [-0.4, -0.2) is 33.9 Å². The second-order valence-electron chi connectivity index (χ2n) is 3.90. The summed E-state index contributed by atoms with van der Waals surface area (Å²) in [6, 6.07) is 6.74. The zero-order chi connectivity index (χ0) is 13.1. The lowest BCUT2D eigenvalue weighted by Crippen LogP contribution is -2.22. The molecule has 1 aromatic rings. The number of hydroxylamine groups is 1. The van der Waals surface area contributed by atoms with Gasteiger partial charge in [-0.1, -0.05) is 12.1 Å². The van der Waals surface area contributed by atoms with Gasteiger partial charge in [-0.25, -0.2) is 12.7 Å². The molecule has 0 aliphatic rings. The minimum absolute atomic E-state index is 0.0103. The molecule has 0 amide bonds. The summed E-state index contributed by atoms with van der Waals surface area (Å²) in [5.41, 5.74) is 3.75. The number of hydrogen-bond acceptors (Lipinski definition) is 4. The fraction of sp³-hybridized carbons (Fsp3) is 0.455. The largest absolute Gasteiger partial charge is 0.305 e. The Kier molecular flexibility index (Phi) is 4.64. The van der Waals surface area contributed by atoms with E-state index in [1.807, 2.05) is 6.92 Å². The number of benzene rings is 1. The maximum Gasteiger partial charge on any atom is 0.242 e. The Morgan fingerprint density at radius 2 is 1.76 bits per heavy atom. The van der Waals surface area contributed by atoms with E-state index in [0.717, 1.165) is 5.56 Å². The Morgan fingerprint density at radius 1 is 1.24 bits per heavy atom. The van der Waals surface area contributed by atoms with Gasteiger partial charge in [0, 0.05) is 14.1 Å². The van der Waals surface area contributed by atoms with E-state index in [-0.39, 0.29) is 10.9 Å². The number of sulfonamides is 1. The predicted octanol–water partition coefficient (Wildman–Crippen LogP) is 1.15. The second-order valence-corrected chi connectivity index (χ2v) is 6.05. The van der Waals surface area contributed by atoms with Crippen molar-refractivity contribution in [2.24, 2.45) is 0 Å². The summed E-state index contributed by atoms with van der Waals surface area (Å²) < 4.78 is 24.8. The van der Waals surface area contributed by atoms with Crippen LogP contribution in [0.2, 0.25) is 0 Å². The molecule has 0 saturated carbocycles. The highest BCUT2D eigenvalue weighted by atomic mass is 32.2. The third-order valence-electron chi connectivity index (χ3n) is 2.45. The Morgan fingerprint density at radius 3 is 2.18 bits per heavy atom. The molecule has 0 aliphatic heterocycles. The molecule has 1 rings (SSSR count). The van der Waals surface area contributed by atoms with Crippen LogP contribution in [0, 0.1) is 0 Å².